The third-order valence-electron chi connectivity index (χ3n) is 4.31. The van der Waals surface area contributed by atoms with Gasteiger partial charge in [-0.25, -0.2) is 0 Å². The number of benzene rings is 1. The molecule has 1 aromatic carbocycles. The van der Waals surface area contributed by atoms with Crippen molar-refractivity contribution < 1.29 is 23.6 Å². The van der Waals surface area contributed by atoms with Gasteiger partial charge in [0, 0.05) is 31.4 Å². The van der Waals surface area contributed by atoms with Crippen molar-refractivity contribution >= 4 is 17.6 Å². The lowest BCUT2D eigenvalue weighted by atomic mass is 10.2. The molecule has 1 heterocycles. The molecule has 0 aliphatic carbocycles. The molecule has 1 aromatic heterocycles. The summed E-state index contributed by atoms with van der Waals surface area (Å²) in [5, 5.41) is 6.40. The fourth-order valence-corrected chi connectivity index (χ4v) is 2.75. The van der Waals surface area contributed by atoms with Gasteiger partial charge in [-0.1, -0.05) is 18.5 Å². The van der Waals surface area contributed by atoms with Crippen LogP contribution in [0.25, 0.3) is 0 Å². The highest BCUT2D eigenvalue weighted by Gasteiger charge is 2.19. The predicted octanol–water partition coefficient (Wildman–Crippen LogP) is 3.67. The minimum Gasteiger partial charge on any atom is -0.494 e. The quantitative estimate of drug-likeness (QED) is 0.500. The summed E-state index contributed by atoms with van der Waals surface area (Å²) in [4.78, 5) is 26.9. The van der Waals surface area contributed by atoms with Gasteiger partial charge in [-0.2, -0.15) is 0 Å². The monoisotopic (exact) mass is 417 g/mol. The van der Waals surface area contributed by atoms with Crippen LogP contribution in [0.3, 0.4) is 0 Å². The summed E-state index contributed by atoms with van der Waals surface area (Å²) in [7, 11) is 0. The van der Waals surface area contributed by atoms with Crippen LogP contribution in [0.1, 0.15) is 49.2 Å². The van der Waals surface area contributed by atoms with Crippen LogP contribution in [0.15, 0.2) is 34.9 Å². The van der Waals surface area contributed by atoms with Gasteiger partial charge < -0.3 is 24.2 Å². The molecule has 2 rings (SSSR count). The number of aromatic nitrogens is 1. The molecule has 1 N–H and O–H groups in total. The summed E-state index contributed by atoms with van der Waals surface area (Å²) < 4.78 is 16.0. The van der Waals surface area contributed by atoms with Crippen LogP contribution in [0.2, 0.25) is 0 Å². The van der Waals surface area contributed by atoms with E-state index in [-0.39, 0.29) is 18.4 Å². The normalized spacial score (nSPS) is 10.6. The molecule has 2 aromatic rings. The fraction of sp³-hybridized carbons (Fsp3) is 0.500. The van der Waals surface area contributed by atoms with Gasteiger partial charge >= 0.3 is 0 Å². The number of rotatable bonds is 13. The maximum absolute atomic E-state index is 13.0. The molecule has 0 spiro atoms. The lowest BCUT2D eigenvalue weighted by molar-refractivity contribution is -0.117. The Labute approximate surface area is 177 Å². The number of carbonyl (C=O) groups excluding carboxylic acids is 2. The summed E-state index contributed by atoms with van der Waals surface area (Å²) in [6.07, 6.45) is 2.67. The van der Waals surface area contributed by atoms with Crippen LogP contribution in [-0.2, 0) is 9.53 Å². The van der Waals surface area contributed by atoms with Crippen LogP contribution in [-0.4, -0.2) is 54.8 Å². The first-order valence-electron chi connectivity index (χ1n) is 10.4. The summed E-state index contributed by atoms with van der Waals surface area (Å²) in [6, 6.07) is 8.62. The smallest absolute Gasteiger partial charge is 0.254 e. The molecule has 0 aliphatic rings. The van der Waals surface area contributed by atoms with Gasteiger partial charge in [0.1, 0.15) is 18.1 Å². The summed E-state index contributed by atoms with van der Waals surface area (Å²) in [5.74, 6) is 1.08. The van der Waals surface area contributed by atoms with Crippen molar-refractivity contribution in [3.63, 3.8) is 0 Å². The number of hydrogen-bond acceptors (Lipinski definition) is 6. The second-order valence-corrected chi connectivity index (χ2v) is 6.87. The van der Waals surface area contributed by atoms with Crippen LogP contribution in [0.4, 0.5) is 5.82 Å². The van der Waals surface area contributed by atoms with Gasteiger partial charge in [0.15, 0.2) is 5.82 Å². The number of amides is 2. The molecule has 30 heavy (non-hydrogen) atoms. The lowest BCUT2D eigenvalue weighted by Gasteiger charge is -2.22. The molecule has 0 atom stereocenters. The molecule has 0 aliphatic heterocycles. The number of unbranched alkanes of at least 4 members (excludes halogenated alkanes) is 1. The summed E-state index contributed by atoms with van der Waals surface area (Å²) in [6.45, 7) is 7.85. The Kier molecular flexibility index (Phi) is 9.86. The van der Waals surface area contributed by atoms with E-state index in [9.17, 15) is 9.59 Å². The van der Waals surface area contributed by atoms with E-state index in [1.165, 1.54) is 4.90 Å². The Bertz CT molecular complexity index is 788. The Morgan fingerprint density at radius 3 is 2.53 bits per heavy atom. The minimum atomic E-state index is -0.340. The molecular weight excluding hydrogens is 386 g/mol. The van der Waals surface area contributed by atoms with Crippen molar-refractivity contribution in [1.82, 2.24) is 10.1 Å². The number of nitrogens with one attached hydrogen (secondary N) is 1. The van der Waals surface area contributed by atoms with E-state index in [1.54, 1.807) is 37.3 Å². The highest BCUT2D eigenvalue weighted by molar-refractivity contribution is 5.99. The molecular formula is C22H31N3O5. The van der Waals surface area contributed by atoms with Crippen molar-refractivity contribution in [2.24, 2.45) is 0 Å². The molecule has 0 radical (unpaired) electrons. The molecule has 2 amide bonds. The average molecular weight is 418 g/mol. The largest absolute Gasteiger partial charge is 0.494 e. The van der Waals surface area contributed by atoms with Crippen LogP contribution >= 0.6 is 0 Å². The first kappa shape index (κ1) is 23.4. The SMILES string of the molecule is CCCCOc1ccc(C(=O)N(CCCOCC)CC(=O)Nc2cc(C)on2)cc1. The van der Waals surface area contributed by atoms with E-state index < -0.39 is 0 Å². The highest BCUT2D eigenvalue weighted by Crippen LogP contribution is 2.15. The molecule has 0 unspecified atom stereocenters. The molecule has 164 valence electrons. The van der Waals surface area contributed by atoms with Gasteiger partial charge in [-0.3, -0.25) is 9.59 Å². The van der Waals surface area contributed by atoms with Crippen LogP contribution in [0, 0.1) is 6.92 Å². The third kappa shape index (κ3) is 7.87. The Balaban J connectivity index is 2.00. The van der Waals surface area contributed by atoms with Crippen molar-refractivity contribution in [3.8, 4) is 5.75 Å². The molecule has 0 bridgehead atoms. The number of ether oxygens (including phenoxy) is 2. The number of carbonyl (C=O) groups is 2. The Morgan fingerprint density at radius 2 is 1.90 bits per heavy atom. The molecule has 8 nitrogen and oxygen atoms in total. The molecule has 0 saturated heterocycles. The van der Waals surface area contributed by atoms with Crippen molar-refractivity contribution in [2.45, 2.75) is 40.0 Å². The second-order valence-electron chi connectivity index (χ2n) is 6.87. The molecule has 0 fully saturated rings. The summed E-state index contributed by atoms with van der Waals surface area (Å²) >= 11 is 0. The number of nitrogens with zero attached hydrogens (tertiary/aromatic N) is 2. The van der Waals surface area contributed by atoms with Crippen LogP contribution in [0.5, 0.6) is 5.75 Å². The average Bonchev–Trinajstić information content (AvgIpc) is 3.15. The Hall–Kier alpha value is -2.87. The minimum absolute atomic E-state index is 0.0916. The van der Waals surface area contributed by atoms with Gasteiger partial charge in [0.05, 0.1) is 6.61 Å². The van der Waals surface area contributed by atoms with Crippen molar-refractivity contribution in [1.29, 1.82) is 0 Å². The number of hydrogen-bond donors (Lipinski definition) is 1. The zero-order valence-corrected chi connectivity index (χ0v) is 18.0. The Morgan fingerprint density at radius 1 is 1.13 bits per heavy atom. The van der Waals surface area contributed by atoms with E-state index in [0.717, 1.165) is 18.6 Å². The van der Waals surface area contributed by atoms with Gasteiger partial charge in [0.2, 0.25) is 5.91 Å². The van der Waals surface area contributed by atoms with E-state index in [2.05, 4.69) is 17.4 Å². The lowest BCUT2D eigenvalue weighted by Crippen LogP contribution is -2.39. The van der Waals surface area contributed by atoms with Gasteiger partial charge in [-0.05, 0) is 51.0 Å². The van der Waals surface area contributed by atoms with E-state index >= 15 is 0 Å². The van der Waals surface area contributed by atoms with E-state index in [0.29, 0.717) is 49.9 Å². The van der Waals surface area contributed by atoms with Gasteiger partial charge in [0.25, 0.3) is 5.91 Å². The van der Waals surface area contributed by atoms with Crippen molar-refractivity contribution in [2.75, 3.05) is 38.2 Å². The van der Waals surface area contributed by atoms with Gasteiger partial charge in [-0.15, -0.1) is 0 Å². The highest BCUT2D eigenvalue weighted by atomic mass is 16.5. The number of anilines is 1. The zero-order valence-electron chi connectivity index (χ0n) is 18.0. The standard InChI is InChI=1S/C22H31N3O5/c1-4-6-14-29-19-10-8-18(9-11-19)22(27)25(12-7-13-28-5-2)16-21(26)23-20-15-17(3)30-24-20/h8-11,15H,4-7,12-14,16H2,1-3H3,(H,23,24,26). The first-order valence-corrected chi connectivity index (χ1v) is 10.4. The van der Waals surface area contributed by atoms with Crippen molar-refractivity contribution in [3.05, 3.63) is 41.7 Å². The maximum Gasteiger partial charge on any atom is 0.254 e. The summed E-state index contributed by atoms with van der Waals surface area (Å²) in [5.41, 5.74) is 0.499. The predicted molar refractivity (Wildman–Crippen MR) is 114 cm³/mol. The third-order valence-corrected chi connectivity index (χ3v) is 4.31. The maximum atomic E-state index is 13.0. The zero-order chi connectivity index (χ0) is 21.8. The number of aryl methyl sites for hydroxylation is 1. The fourth-order valence-electron chi connectivity index (χ4n) is 2.75. The molecule has 0 saturated carbocycles. The van der Waals surface area contributed by atoms with E-state index in [4.69, 9.17) is 14.0 Å². The van der Waals surface area contributed by atoms with Crippen LogP contribution < -0.4 is 10.1 Å². The first-order chi connectivity index (χ1) is 14.5. The van der Waals surface area contributed by atoms with E-state index in [1.807, 2.05) is 6.92 Å². The molecule has 8 heteroatoms. The topological polar surface area (TPSA) is 93.9 Å². The second kappa shape index (κ2) is 12.6.